The van der Waals surface area contributed by atoms with Gasteiger partial charge >= 0.3 is 0 Å². The Balaban J connectivity index is 2.54. The van der Waals surface area contributed by atoms with Gasteiger partial charge in [-0.15, -0.1) is 0 Å². The van der Waals surface area contributed by atoms with Crippen LogP contribution in [0, 0.1) is 6.92 Å². The Morgan fingerprint density at radius 2 is 2.20 bits per heavy atom. The first kappa shape index (κ1) is 5.22. The average Bonchev–Trinajstić information content (AvgIpc) is 1.38. The maximum absolute atomic E-state index is 3.72. The van der Waals surface area contributed by atoms with Gasteiger partial charge in [0.1, 0.15) is 0 Å². The Morgan fingerprint density at radius 3 is 2.20 bits per heavy atom. The van der Waals surface area contributed by atoms with Crippen LogP contribution in [-0.4, -0.2) is 10.2 Å². The molecule has 1 radical (unpaired) electrons. The molecule has 1 atom stereocenters. The fourth-order valence-electron chi connectivity index (χ4n) is 0. The lowest BCUT2D eigenvalue weighted by Gasteiger charge is -1.90. The molecule has 5 heavy (non-hydrogen) atoms. The highest BCUT2D eigenvalue weighted by Gasteiger charge is 1.80. The first-order valence-corrected chi connectivity index (χ1v) is 3.22. The highest BCUT2D eigenvalue weighted by atomic mass is 28.1. The zero-order chi connectivity index (χ0) is 4.28. The molecule has 0 bridgehead atoms. The van der Waals surface area contributed by atoms with Crippen LogP contribution in [0.4, 0.5) is 0 Å². The molecule has 1 heteroatoms. The Morgan fingerprint density at radius 1 is 2.00 bits per heavy atom. The Labute approximate surface area is 37.0 Å². The topological polar surface area (TPSA) is 0 Å². The minimum absolute atomic E-state index is 0.912. The molecule has 0 fully saturated rings. The van der Waals surface area contributed by atoms with Crippen LogP contribution in [0.3, 0.4) is 0 Å². The number of rotatable bonds is 1. The molecule has 0 aromatic heterocycles. The third-order valence-corrected chi connectivity index (χ3v) is 1.15. The second-order valence-electron chi connectivity index (χ2n) is 1.68. The molecular formula is C4H11Si. The molecule has 0 aliphatic rings. The van der Waals surface area contributed by atoms with E-state index in [1.165, 1.54) is 10.2 Å². The lowest BCUT2D eigenvalue weighted by atomic mass is 10.4. The first-order chi connectivity index (χ1) is 2.27. The van der Waals surface area contributed by atoms with E-state index in [0.717, 1.165) is 12.0 Å². The largest absolute Gasteiger partial charge is 0.0658 e. The zero-order valence-electron chi connectivity index (χ0n) is 3.99. The summed E-state index contributed by atoms with van der Waals surface area (Å²) < 4.78 is 0. The van der Waals surface area contributed by atoms with Gasteiger partial charge < -0.3 is 0 Å². The van der Waals surface area contributed by atoms with Crippen molar-refractivity contribution in [2.75, 3.05) is 0 Å². The highest BCUT2D eigenvalue weighted by Crippen LogP contribution is 1.97. The normalized spacial score (nSPS) is 15.6. The van der Waals surface area contributed by atoms with E-state index in [-0.39, 0.29) is 0 Å². The van der Waals surface area contributed by atoms with E-state index in [4.69, 9.17) is 0 Å². The van der Waals surface area contributed by atoms with Gasteiger partial charge in [-0.1, -0.05) is 25.8 Å². The van der Waals surface area contributed by atoms with Gasteiger partial charge in [-0.3, -0.25) is 0 Å². The van der Waals surface area contributed by atoms with Gasteiger partial charge in [0.15, 0.2) is 0 Å². The van der Waals surface area contributed by atoms with Crippen LogP contribution in [-0.2, 0) is 0 Å². The van der Waals surface area contributed by atoms with Gasteiger partial charge in [0.2, 0.25) is 0 Å². The molecule has 0 aromatic rings. The summed E-state index contributed by atoms with van der Waals surface area (Å²) >= 11 is 0. The second-order valence-corrected chi connectivity index (χ2v) is 3.65. The standard InChI is InChI=1S/C4H11Si/c1-3-4(2)5/h4H,1,3H2,2,5H3. The fourth-order valence-corrected chi connectivity index (χ4v) is 0. The van der Waals surface area contributed by atoms with Crippen molar-refractivity contribution < 1.29 is 0 Å². The van der Waals surface area contributed by atoms with Crippen LogP contribution in [0.1, 0.15) is 13.3 Å². The quantitative estimate of drug-likeness (QED) is 0.406. The van der Waals surface area contributed by atoms with Gasteiger partial charge in [-0.2, -0.15) is 0 Å². The van der Waals surface area contributed by atoms with Crippen LogP contribution in [0.25, 0.3) is 0 Å². The van der Waals surface area contributed by atoms with Crippen molar-refractivity contribution in [2.45, 2.75) is 18.9 Å². The third-order valence-electron chi connectivity index (χ3n) is 0.577. The van der Waals surface area contributed by atoms with Crippen molar-refractivity contribution in [3.8, 4) is 0 Å². The van der Waals surface area contributed by atoms with Crippen molar-refractivity contribution in [1.29, 1.82) is 0 Å². The predicted molar refractivity (Wildman–Crippen MR) is 29.3 cm³/mol. The van der Waals surface area contributed by atoms with E-state index in [9.17, 15) is 0 Å². The van der Waals surface area contributed by atoms with Gasteiger partial charge in [0, 0.05) is 10.2 Å². The molecule has 0 rings (SSSR count). The van der Waals surface area contributed by atoms with Gasteiger partial charge in [0.05, 0.1) is 0 Å². The Hall–Kier alpha value is 0.217. The molecule has 0 amide bonds. The Bertz CT molecular complexity index is 17.6. The highest BCUT2D eigenvalue weighted by molar-refractivity contribution is 6.11. The SMILES string of the molecule is [CH2]CC(C)[SiH3]. The molecule has 31 valence electrons. The summed E-state index contributed by atoms with van der Waals surface area (Å²) in [6, 6.07) is 0. The predicted octanol–water partition coefficient (Wildman–Crippen LogP) is 0.384. The second kappa shape index (κ2) is 2.45. The fraction of sp³-hybridized carbons (Fsp3) is 0.750. The molecule has 0 saturated heterocycles. The monoisotopic (exact) mass is 87.1 g/mol. The molecule has 1 unspecified atom stereocenters. The molecule has 0 heterocycles. The molecule has 0 aliphatic heterocycles. The van der Waals surface area contributed by atoms with Crippen LogP contribution in [0.15, 0.2) is 0 Å². The van der Waals surface area contributed by atoms with E-state index < -0.39 is 0 Å². The van der Waals surface area contributed by atoms with Crippen molar-refractivity contribution in [1.82, 2.24) is 0 Å². The third kappa shape index (κ3) is 4.22. The van der Waals surface area contributed by atoms with E-state index in [2.05, 4.69) is 13.8 Å². The summed E-state index contributed by atoms with van der Waals surface area (Å²) in [5.41, 5.74) is 0.912. The van der Waals surface area contributed by atoms with E-state index >= 15 is 0 Å². The van der Waals surface area contributed by atoms with E-state index in [1.807, 2.05) is 0 Å². The van der Waals surface area contributed by atoms with Crippen LogP contribution >= 0.6 is 0 Å². The Kier molecular flexibility index (Phi) is 2.56. The van der Waals surface area contributed by atoms with Crippen LogP contribution in [0.2, 0.25) is 5.54 Å². The van der Waals surface area contributed by atoms with E-state index in [0.29, 0.717) is 0 Å². The summed E-state index contributed by atoms with van der Waals surface area (Å²) in [5.74, 6) is 0. The summed E-state index contributed by atoms with van der Waals surface area (Å²) in [6.45, 7) is 5.94. The lowest BCUT2D eigenvalue weighted by molar-refractivity contribution is 0.949. The van der Waals surface area contributed by atoms with E-state index in [1.54, 1.807) is 0 Å². The molecule has 0 aliphatic carbocycles. The van der Waals surface area contributed by atoms with Crippen molar-refractivity contribution in [3.63, 3.8) is 0 Å². The maximum atomic E-state index is 3.72. The minimum Gasteiger partial charge on any atom is -0.0658 e. The summed E-state index contributed by atoms with van der Waals surface area (Å²) in [5, 5.41) is 0. The molecule has 0 saturated carbocycles. The first-order valence-electron chi connectivity index (χ1n) is 2.06. The molecular weight excluding hydrogens is 76.1 g/mol. The molecule has 0 spiro atoms. The zero-order valence-corrected chi connectivity index (χ0v) is 5.99. The van der Waals surface area contributed by atoms with Crippen molar-refractivity contribution in [2.24, 2.45) is 0 Å². The smallest absolute Gasteiger partial charge is 0.00637 e. The van der Waals surface area contributed by atoms with Gasteiger partial charge in [-0.05, 0) is 0 Å². The molecule has 0 aromatic carbocycles. The lowest BCUT2D eigenvalue weighted by Crippen LogP contribution is -1.76. The average molecular weight is 87.2 g/mol. The van der Waals surface area contributed by atoms with Crippen LogP contribution < -0.4 is 0 Å². The van der Waals surface area contributed by atoms with Gasteiger partial charge in [0.25, 0.3) is 0 Å². The number of hydrogen-bond donors (Lipinski definition) is 0. The van der Waals surface area contributed by atoms with Crippen LogP contribution in [0.5, 0.6) is 0 Å². The summed E-state index contributed by atoms with van der Waals surface area (Å²) in [7, 11) is 1.31. The van der Waals surface area contributed by atoms with Crippen molar-refractivity contribution >= 4 is 10.2 Å². The minimum atomic E-state index is 0.912. The summed E-state index contributed by atoms with van der Waals surface area (Å²) in [6.07, 6.45) is 1.12. The number of hydrogen-bond acceptors (Lipinski definition) is 0. The van der Waals surface area contributed by atoms with Crippen molar-refractivity contribution in [3.05, 3.63) is 6.92 Å². The molecule has 0 N–H and O–H groups in total. The molecule has 0 nitrogen and oxygen atoms in total. The summed E-state index contributed by atoms with van der Waals surface area (Å²) in [4.78, 5) is 0. The maximum Gasteiger partial charge on any atom is 0.00637 e. The van der Waals surface area contributed by atoms with Gasteiger partial charge in [-0.25, -0.2) is 0 Å².